The van der Waals surface area contributed by atoms with Crippen LogP contribution in [-0.2, 0) is 0 Å². The number of fused-ring (bicyclic) bond motifs is 2. The van der Waals surface area contributed by atoms with Gasteiger partial charge in [0.25, 0.3) is 5.91 Å². The maximum Gasteiger partial charge on any atom is 0.271 e. The standard InChI is InChI=1S/C21H16FN3OS/c1-13(24-25-21(26)14-6-9-16(22)10-7-14)15-8-11-20-18(12-15)23-17-4-2-3-5-19(17)27-20/h2-12,23H,1H3,(H,25,26). The van der Waals surface area contributed by atoms with Gasteiger partial charge in [-0.3, -0.25) is 4.79 Å². The molecule has 1 aliphatic heterocycles. The van der Waals surface area contributed by atoms with Crippen molar-refractivity contribution in [3.8, 4) is 0 Å². The minimum absolute atomic E-state index is 0.355. The van der Waals surface area contributed by atoms with E-state index < -0.39 is 0 Å². The molecule has 6 heteroatoms. The van der Waals surface area contributed by atoms with Gasteiger partial charge in [0, 0.05) is 15.4 Å². The summed E-state index contributed by atoms with van der Waals surface area (Å²) >= 11 is 1.72. The zero-order valence-electron chi connectivity index (χ0n) is 14.5. The van der Waals surface area contributed by atoms with Gasteiger partial charge in [-0.2, -0.15) is 5.10 Å². The van der Waals surface area contributed by atoms with Crippen LogP contribution in [-0.4, -0.2) is 11.6 Å². The average molecular weight is 377 g/mol. The Kier molecular flexibility index (Phi) is 4.64. The zero-order chi connectivity index (χ0) is 18.8. The van der Waals surface area contributed by atoms with Gasteiger partial charge in [0.1, 0.15) is 5.82 Å². The Morgan fingerprint density at radius 2 is 1.67 bits per heavy atom. The quantitative estimate of drug-likeness (QED) is 0.382. The van der Waals surface area contributed by atoms with Gasteiger partial charge in [-0.15, -0.1) is 0 Å². The van der Waals surface area contributed by atoms with Crippen LogP contribution in [0.1, 0.15) is 22.8 Å². The first-order valence-electron chi connectivity index (χ1n) is 8.39. The van der Waals surface area contributed by atoms with Crippen LogP contribution in [0.15, 0.2) is 81.6 Å². The second kappa shape index (κ2) is 7.25. The highest BCUT2D eigenvalue weighted by Crippen LogP contribution is 2.44. The summed E-state index contributed by atoms with van der Waals surface area (Å²) in [5.74, 6) is -0.762. The van der Waals surface area contributed by atoms with Gasteiger partial charge >= 0.3 is 0 Å². The molecular weight excluding hydrogens is 361 g/mol. The second-order valence-electron chi connectivity index (χ2n) is 6.08. The fraction of sp³-hybridized carbons (Fsp3) is 0.0476. The van der Waals surface area contributed by atoms with Crippen LogP contribution in [0.2, 0.25) is 0 Å². The molecule has 0 fully saturated rings. The maximum absolute atomic E-state index is 12.9. The Balaban J connectivity index is 1.51. The van der Waals surface area contributed by atoms with Gasteiger partial charge in [-0.1, -0.05) is 30.0 Å². The normalized spacial score (nSPS) is 12.6. The van der Waals surface area contributed by atoms with Crippen molar-refractivity contribution in [1.82, 2.24) is 5.43 Å². The average Bonchev–Trinajstić information content (AvgIpc) is 2.70. The molecule has 0 saturated heterocycles. The van der Waals surface area contributed by atoms with E-state index in [2.05, 4.69) is 21.9 Å². The summed E-state index contributed by atoms with van der Waals surface area (Å²) in [5.41, 5.74) is 6.54. The van der Waals surface area contributed by atoms with Gasteiger partial charge in [0.05, 0.1) is 17.1 Å². The first-order chi connectivity index (χ1) is 13.1. The number of rotatable bonds is 3. The number of hydrogen-bond donors (Lipinski definition) is 2. The summed E-state index contributed by atoms with van der Waals surface area (Å²) in [4.78, 5) is 14.4. The molecule has 0 bridgehead atoms. The van der Waals surface area contributed by atoms with Crippen molar-refractivity contribution in [3.63, 3.8) is 0 Å². The molecule has 0 spiro atoms. The Morgan fingerprint density at radius 3 is 2.48 bits per heavy atom. The van der Waals surface area contributed by atoms with E-state index in [9.17, 15) is 9.18 Å². The van der Waals surface area contributed by atoms with Crippen LogP contribution < -0.4 is 10.7 Å². The second-order valence-corrected chi connectivity index (χ2v) is 7.16. The molecular formula is C21H16FN3OS. The molecule has 4 nitrogen and oxygen atoms in total. The highest BCUT2D eigenvalue weighted by atomic mass is 32.2. The number of carbonyl (C=O) groups excluding carboxylic acids is 1. The Bertz CT molecular complexity index is 1050. The molecule has 134 valence electrons. The van der Waals surface area contributed by atoms with E-state index in [1.807, 2.05) is 43.3 Å². The Hall–Kier alpha value is -3.12. The number of amides is 1. The molecule has 1 amide bonds. The van der Waals surface area contributed by atoms with Crippen molar-refractivity contribution in [2.24, 2.45) is 5.10 Å². The molecule has 27 heavy (non-hydrogen) atoms. The van der Waals surface area contributed by atoms with E-state index in [0.717, 1.165) is 21.8 Å². The number of anilines is 2. The molecule has 3 aromatic rings. The molecule has 2 N–H and O–H groups in total. The van der Waals surface area contributed by atoms with E-state index in [4.69, 9.17) is 0 Å². The third kappa shape index (κ3) is 3.71. The molecule has 1 aliphatic rings. The van der Waals surface area contributed by atoms with Crippen molar-refractivity contribution in [2.75, 3.05) is 5.32 Å². The van der Waals surface area contributed by atoms with Gasteiger partial charge in [0.2, 0.25) is 0 Å². The monoisotopic (exact) mass is 377 g/mol. The van der Waals surface area contributed by atoms with E-state index in [1.165, 1.54) is 29.2 Å². The fourth-order valence-electron chi connectivity index (χ4n) is 2.73. The first-order valence-corrected chi connectivity index (χ1v) is 9.20. The van der Waals surface area contributed by atoms with Gasteiger partial charge in [0.15, 0.2) is 0 Å². The zero-order valence-corrected chi connectivity index (χ0v) is 15.3. The molecule has 0 aliphatic carbocycles. The molecule has 4 rings (SSSR count). The minimum Gasteiger partial charge on any atom is -0.354 e. The Morgan fingerprint density at radius 1 is 0.963 bits per heavy atom. The number of carbonyl (C=O) groups is 1. The predicted octanol–water partition coefficient (Wildman–Crippen LogP) is 5.19. The van der Waals surface area contributed by atoms with Gasteiger partial charge < -0.3 is 5.32 Å². The lowest BCUT2D eigenvalue weighted by atomic mass is 10.1. The van der Waals surface area contributed by atoms with Crippen molar-refractivity contribution in [3.05, 3.63) is 83.7 Å². The summed E-state index contributed by atoms with van der Waals surface area (Å²) in [6, 6.07) is 19.5. The number of benzene rings is 3. The highest BCUT2D eigenvalue weighted by Gasteiger charge is 2.16. The van der Waals surface area contributed by atoms with Crippen molar-refractivity contribution in [2.45, 2.75) is 16.7 Å². The maximum atomic E-state index is 12.9. The minimum atomic E-state index is -0.382. The summed E-state index contributed by atoms with van der Waals surface area (Å²) in [5, 5.41) is 7.61. The smallest absolute Gasteiger partial charge is 0.271 e. The topological polar surface area (TPSA) is 53.5 Å². The number of hydrazone groups is 1. The molecule has 0 aromatic heterocycles. The Labute approximate surface area is 160 Å². The van der Waals surface area contributed by atoms with E-state index in [1.54, 1.807) is 11.8 Å². The third-order valence-electron chi connectivity index (χ3n) is 4.21. The molecule has 1 heterocycles. The number of halogens is 1. The van der Waals surface area contributed by atoms with Crippen molar-refractivity contribution >= 4 is 34.8 Å². The van der Waals surface area contributed by atoms with Gasteiger partial charge in [-0.05, 0) is 61.0 Å². The lowest BCUT2D eigenvalue weighted by Crippen LogP contribution is -2.19. The number of nitrogens with zero attached hydrogens (tertiary/aromatic N) is 1. The van der Waals surface area contributed by atoms with Crippen LogP contribution in [0.25, 0.3) is 0 Å². The summed E-state index contributed by atoms with van der Waals surface area (Å²) in [7, 11) is 0. The summed E-state index contributed by atoms with van der Waals surface area (Å²) in [6.07, 6.45) is 0. The predicted molar refractivity (Wildman–Crippen MR) is 106 cm³/mol. The SMILES string of the molecule is CC(=NNC(=O)c1ccc(F)cc1)c1ccc2c(c1)Nc1ccccc1S2. The van der Waals surface area contributed by atoms with Crippen LogP contribution in [0.5, 0.6) is 0 Å². The molecule has 3 aromatic carbocycles. The summed E-state index contributed by atoms with van der Waals surface area (Å²) in [6.45, 7) is 1.83. The van der Waals surface area contributed by atoms with Crippen molar-refractivity contribution < 1.29 is 9.18 Å². The number of hydrogen-bond acceptors (Lipinski definition) is 4. The lowest BCUT2D eigenvalue weighted by molar-refractivity contribution is 0.0955. The van der Waals surface area contributed by atoms with E-state index >= 15 is 0 Å². The van der Waals surface area contributed by atoms with Crippen LogP contribution in [0.4, 0.5) is 15.8 Å². The molecule has 0 saturated carbocycles. The van der Waals surface area contributed by atoms with E-state index in [-0.39, 0.29) is 11.7 Å². The van der Waals surface area contributed by atoms with Crippen LogP contribution in [0.3, 0.4) is 0 Å². The van der Waals surface area contributed by atoms with Crippen molar-refractivity contribution in [1.29, 1.82) is 0 Å². The first kappa shape index (κ1) is 17.3. The highest BCUT2D eigenvalue weighted by molar-refractivity contribution is 7.99. The van der Waals surface area contributed by atoms with Crippen LogP contribution >= 0.6 is 11.8 Å². The fourth-order valence-corrected chi connectivity index (χ4v) is 3.70. The van der Waals surface area contributed by atoms with E-state index in [0.29, 0.717) is 11.3 Å². The van der Waals surface area contributed by atoms with Gasteiger partial charge in [-0.25, -0.2) is 9.82 Å². The number of para-hydroxylation sites is 1. The largest absolute Gasteiger partial charge is 0.354 e. The molecule has 0 unspecified atom stereocenters. The summed E-state index contributed by atoms with van der Waals surface area (Å²) < 4.78 is 12.9. The molecule has 0 radical (unpaired) electrons. The molecule has 0 atom stereocenters. The lowest BCUT2D eigenvalue weighted by Gasteiger charge is -2.21. The van der Waals surface area contributed by atoms with Crippen LogP contribution in [0, 0.1) is 5.82 Å². The number of nitrogens with one attached hydrogen (secondary N) is 2. The third-order valence-corrected chi connectivity index (χ3v) is 5.36.